The van der Waals surface area contributed by atoms with Gasteiger partial charge in [-0.1, -0.05) is 25.1 Å². The minimum Gasteiger partial charge on any atom is -0.481 e. The van der Waals surface area contributed by atoms with Crippen LogP contribution in [0.15, 0.2) is 24.3 Å². The third kappa shape index (κ3) is 3.49. The van der Waals surface area contributed by atoms with Crippen LogP contribution in [0.4, 0.5) is 0 Å². The summed E-state index contributed by atoms with van der Waals surface area (Å²) < 4.78 is 5.80. The van der Waals surface area contributed by atoms with E-state index in [0.29, 0.717) is 0 Å². The first-order valence-electron chi connectivity index (χ1n) is 7.09. The van der Waals surface area contributed by atoms with Crippen molar-refractivity contribution >= 4 is 5.91 Å². The molecule has 1 aliphatic heterocycles. The van der Waals surface area contributed by atoms with Crippen molar-refractivity contribution in [2.24, 2.45) is 5.92 Å². The lowest BCUT2D eigenvalue weighted by Gasteiger charge is -2.32. The van der Waals surface area contributed by atoms with E-state index in [2.05, 4.69) is 6.92 Å². The van der Waals surface area contributed by atoms with E-state index in [1.54, 1.807) is 0 Å². The summed E-state index contributed by atoms with van der Waals surface area (Å²) in [6.45, 7) is 7.81. The van der Waals surface area contributed by atoms with Gasteiger partial charge in [0.1, 0.15) is 5.75 Å². The largest absolute Gasteiger partial charge is 0.481 e. The van der Waals surface area contributed by atoms with Crippen LogP contribution in [-0.2, 0) is 4.79 Å². The van der Waals surface area contributed by atoms with Crippen molar-refractivity contribution in [3.8, 4) is 5.75 Å². The molecule has 0 spiro atoms. The van der Waals surface area contributed by atoms with Crippen molar-refractivity contribution in [2.75, 3.05) is 13.1 Å². The summed E-state index contributed by atoms with van der Waals surface area (Å²) in [5.74, 6) is 1.64. The Morgan fingerprint density at radius 1 is 1.32 bits per heavy atom. The number of para-hydroxylation sites is 1. The number of benzene rings is 1. The average Bonchev–Trinajstić information content (AvgIpc) is 2.41. The number of aryl methyl sites for hydroxylation is 1. The van der Waals surface area contributed by atoms with Gasteiger partial charge in [-0.2, -0.15) is 0 Å². The quantitative estimate of drug-likeness (QED) is 0.837. The SMILES string of the molecule is Cc1ccccc1O[C@H](C)C(=O)N1CCC(C)CC1. The number of hydrogen-bond acceptors (Lipinski definition) is 2. The highest BCUT2D eigenvalue weighted by molar-refractivity contribution is 5.81. The molecule has 0 radical (unpaired) electrons. The highest BCUT2D eigenvalue weighted by Crippen LogP contribution is 2.20. The van der Waals surface area contributed by atoms with Crippen LogP contribution in [0.25, 0.3) is 0 Å². The van der Waals surface area contributed by atoms with Gasteiger partial charge in [0.2, 0.25) is 0 Å². The van der Waals surface area contributed by atoms with E-state index in [-0.39, 0.29) is 5.91 Å². The predicted octanol–water partition coefficient (Wildman–Crippen LogP) is 3.02. The lowest BCUT2D eigenvalue weighted by molar-refractivity contribution is -0.139. The molecule has 3 heteroatoms. The first-order valence-corrected chi connectivity index (χ1v) is 7.09. The standard InChI is InChI=1S/C16H23NO2/c1-12-8-10-17(11-9-12)16(18)14(3)19-15-7-5-4-6-13(15)2/h4-7,12,14H,8-11H2,1-3H3/t14-/m1/s1. The molecule has 0 bridgehead atoms. The van der Waals surface area contributed by atoms with E-state index >= 15 is 0 Å². The van der Waals surface area contributed by atoms with Crippen LogP contribution in [-0.4, -0.2) is 30.0 Å². The van der Waals surface area contributed by atoms with Crippen LogP contribution in [0.1, 0.15) is 32.3 Å². The molecular weight excluding hydrogens is 238 g/mol. The molecule has 2 rings (SSSR count). The molecule has 1 fully saturated rings. The minimum absolute atomic E-state index is 0.107. The third-order valence-corrected chi connectivity index (χ3v) is 3.84. The lowest BCUT2D eigenvalue weighted by atomic mass is 9.99. The maximum atomic E-state index is 12.3. The van der Waals surface area contributed by atoms with Gasteiger partial charge in [0.15, 0.2) is 6.10 Å². The van der Waals surface area contributed by atoms with Crippen LogP contribution in [0.5, 0.6) is 5.75 Å². The van der Waals surface area contributed by atoms with Crippen LogP contribution in [0, 0.1) is 12.8 Å². The maximum absolute atomic E-state index is 12.3. The van der Waals surface area contributed by atoms with Gasteiger partial charge in [0, 0.05) is 13.1 Å². The van der Waals surface area contributed by atoms with Crippen molar-refractivity contribution < 1.29 is 9.53 Å². The molecule has 1 aromatic carbocycles. The van der Waals surface area contributed by atoms with E-state index in [0.717, 1.165) is 43.2 Å². The number of nitrogens with zero attached hydrogens (tertiary/aromatic N) is 1. The van der Waals surface area contributed by atoms with Gasteiger partial charge < -0.3 is 9.64 Å². The van der Waals surface area contributed by atoms with Gasteiger partial charge in [0.05, 0.1) is 0 Å². The van der Waals surface area contributed by atoms with Crippen molar-refractivity contribution in [3.05, 3.63) is 29.8 Å². The van der Waals surface area contributed by atoms with Crippen molar-refractivity contribution in [3.63, 3.8) is 0 Å². The molecule has 1 aliphatic rings. The third-order valence-electron chi connectivity index (χ3n) is 3.84. The summed E-state index contributed by atoms with van der Waals surface area (Å²) in [5, 5.41) is 0. The molecule has 3 nitrogen and oxygen atoms in total. The Bertz CT molecular complexity index is 436. The maximum Gasteiger partial charge on any atom is 0.263 e. The Balaban J connectivity index is 1.94. The smallest absolute Gasteiger partial charge is 0.263 e. The predicted molar refractivity (Wildman–Crippen MR) is 76.2 cm³/mol. The lowest BCUT2D eigenvalue weighted by Crippen LogP contribution is -2.44. The van der Waals surface area contributed by atoms with Crippen molar-refractivity contribution in [1.29, 1.82) is 0 Å². The molecule has 1 heterocycles. The highest BCUT2D eigenvalue weighted by atomic mass is 16.5. The molecular formula is C16H23NO2. The number of carbonyl (C=O) groups excluding carboxylic acids is 1. The number of carbonyl (C=O) groups is 1. The van der Waals surface area contributed by atoms with Gasteiger partial charge in [-0.15, -0.1) is 0 Å². The first kappa shape index (κ1) is 13.9. The normalized spacial score (nSPS) is 18.2. The number of amides is 1. The van der Waals surface area contributed by atoms with Gasteiger partial charge in [0.25, 0.3) is 5.91 Å². The molecule has 104 valence electrons. The Labute approximate surface area is 115 Å². The van der Waals surface area contributed by atoms with Gasteiger partial charge in [-0.25, -0.2) is 0 Å². The average molecular weight is 261 g/mol. The summed E-state index contributed by atoms with van der Waals surface area (Å²) in [4.78, 5) is 14.3. The topological polar surface area (TPSA) is 29.5 Å². The molecule has 1 atom stereocenters. The molecule has 0 unspecified atom stereocenters. The number of hydrogen-bond donors (Lipinski definition) is 0. The molecule has 0 aliphatic carbocycles. The van der Waals surface area contributed by atoms with E-state index in [1.807, 2.05) is 43.0 Å². The molecule has 0 aromatic heterocycles. The molecule has 1 saturated heterocycles. The number of rotatable bonds is 3. The zero-order valence-electron chi connectivity index (χ0n) is 12.1. The second kappa shape index (κ2) is 6.09. The number of likely N-dealkylation sites (tertiary alicyclic amines) is 1. The molecule has 0 saturated carbocycles. The molecule has 1 aromatic rings. The van der Waals surface area contributed by atoms with Crippen molar-refractivity contribution in [2.45, 2.75) is 39.7 Å². The Hall–Kier alpha value is -1.51. The molecule has 1 amide bonds. The van der Waals surface area contributed by atoms with E-state index in [1.165, 1.54) is 0 Å². The van der Waals surface area contributed by atoms with Gasteiger partial charge in [-0.05, 0) is 44.2 Å². The van der Waals surface area contributed by atoms with E-state index in [9.17, 15) is 4.79 Å². The Morgan fingerprint density at radius 2 is 1.95 bits per heavy atom. The summed E-state index contributed by atoms with van der Waals surface area (Å²) in [7, 11) is 0. The second-order valence-electron chi connectivity index (χ2n) is 5.53. The van der Waals surface area contributed by atoms with Crippen molar-refractivity contribution in [1.82, 2.24) is 4.90 Å². The molecule has 0 N–H and O–H groups in total. The fourth-order valence-electron chi connectivity index (χ4n) is 2.42. The van der Waals surface area contributed by atoms with Crippen LogP contribution in [0.2, 0.25) is 0 Å². The zero-order chi connectivity index (χ0) is 13.8. The molecule has 19 heavy (non-hydrogen) atoms. The summed E-state index contributed by atoms with van der Waals surface area (Å²) in [5.41, 5.74) is 1.06. The van der Waals surface area contributed by atoms with Crippen LogP contribution < -0.4 is 4.74 Å². The summed E-state index contributed by atoms with van der Waals surface area (Å²) in [6, 6.07) is 7.81. The van der Waals surface area contributed by atoms with Gasteiger partial charge in [-0.3, -0.25) is 4.79 Å². The zero-order valence-corrected chi connectivity index (χ0v) is 12.1. The number of piperidine rings is 1. The van der Waals surface area contributed by atoms with E-state index in [4.69, 9.17) is 4.74 Å². The number of ether oxygens (including phenoxy) is 1. The second-order valence-corrected chi connectivity index (χ2v) is 5.53. The Kier molecular flexibility index (Phi) is 4.46. The fraction of sp³-hybridized carbons (Fsp3) is 0.562. The fourth-order valence-corrected chi connectivity index (χ4v) is 2.42. The van der Waals surface area contributed by atoms with Gasteiger partial charge >= 0.3 is 0 Å². The van der Waals surface area contributed by atoms with Crippen LogP contribution in [0.3, 0.4) is 0 Å². The van der Waals surface area contributed by atoms with Crippen LogP contribution >= 0.6 is 0 Å². The first-order chi connectivity index (χ1) is 9.08. The Morgan fingerprint density at radius 3 is 2.58 bits per heavy atom. The monoisotopic (exact) mass is 261 g/mol. The summed E-state index contributed by atoms with van der Waals surface area (Å²) in [6.07, 6.45) is 1.79. The minimum atomic E-state index is -0.408. The highest BCUT2D eigenvalue weighted by Gasteiger charge is 2.25. The van der Waals surface area contributed by atoms with E-state index < -0.39 is 6.10 Å². The summed E-state index contributed by atoms with van der Waals surface area (Å²) >= 11 is 0.